The summed E-state index contributed by atoms with van der Waals surface area (Å²) in [5, 5.41) is 2.80. The van der Waals surface area contributed by atoms with Crippen molar-refractivity contribution in [1.82, 2.24) is 9.80 Å². The Morgan fingerprint density at radius 2 is 1.96 bits per heavy atom. The molecule has 1 saturated heterocycles. The number of ether oxygens (including phenoxy) is 3. The van der Waals surface area contributed by atoms with Crippen molar-refractivity contribution >= 4 is 11.8 Å². The molecule has 1 atom stereocenters. The third kappa shape index (κ3) is 8.04. The quantitative estimate of drug-likeness (QED) is 0.581. The zero-order chi connectivity index (χ0) is 20.2. The van der Waals surface area contributed by atoms with Crippen LogP contribution in [0.2, 0.25) is 0 Å². The number of hydrogen-bond acceptors (Lipinski definition) is 6. The van der Waals surface area contributed by atoms with Crippen LogP contribution < -0.4 is 10.1 Å². The minimum Gasteiger partial charge on any atom is -0.494 e. The summed E-state index contributed by atoms with van der Waals surface area (Å²) in [7, 11) is 3.71. The van der Waals surface area contributed by atoms with E-state index in [1.54, 1.807) is 7.11 Å². The number of rotatable bonds is 11. The van der Waals surface area contributed by atoms with Crippen molar-refractivity contribution in [3.8, 4) is 5.75 Å². The third-order valence-corrected chi connectivity index (χ3v) is 4.84. The van der Waals surface area contributed by atoms with Crippen molar-refractivity contribution in [2.75, 3.05) is 58.9 Å². The highest BCUT2D eigenvalue weighted by atomic mass is 16.6. The molecule has 7 nitrogen and oxygen atoms in total. The number of amides is 1. The van der Waals surface area contributed by atoms with Crippen molar-refractivity contribution in [3.63, 3.8) is 0 Å². The molecule has 0 radical (unpaired) electrons. The molecule has 1 heterocycles. The van der Waals surface area contributed by atoms with Crippen molar-refractivity contribution in [2.24, 2.45) is 0 Å². The molecule has 1 amide bonds. The Bertz CT molecular complexity index is 577. The maximum Gasteiger partial charge on any atom is 0.413 e. The van der Waals surface area contributed by atoms with Gasteiger partial charge < -0.3 is 19.1 Å². The SMILES string of the molecule is CCCCCCOc1cccc(NC(=O)OC(COC)N2CCN(C)CC2)c1. The van der Waals surface area contributed by atoms with Gasteiger partial charge in [-0.15, -0.1) is 0 Å². The Labute approximate surface area is 168 Å². The van der Waals surface area contributed by atoms with Crippen LogP contribution in [0.15, 0.2) is 24.3 Å². The average Bonchev–Trinajstić information content (AvgIpc) is 2.68. The normalized spacial score (nSPS) is 16.5. The molecule has 7 heteroatoms. The smallest absolute Gasteiger partial charge is 0.413 e. The molecule has 1 fully saturated rings. The van der Waals surface area contributed by atoms with Gasteiger partial charge >= 0.3 is 6.09 Å². The zero-order valence-electron chi connectivity index (χ0n) is 17.5. The number of carbonyl (C=O) groups excluding carboxylic acids is 1. The second kappa shape index (κ2) is 12.6. The molecule has 0 saturated carbocycles. The van der Waals surface area contributed by atoms with E-state index in [0.29, 0.717) is 18.9 Å². The molecular formula is C21H35N3O4. The van der Waals surface area contributed by atoms with Crippen LogP contribution in [0, 0.1) is 0 Å². The first-order chi connectivity index (χ1) is 13.6. The van der Waals surface area contributed by atoms with E-state index < -0.39 is 12.3 Å². The lowest BCUT2D eigenvalue weighted by atomic mass is 10.2. The number of methoxy groups -OCH3 is 1. The lowest BCUT2D eigenvalue weighted by Crippen LogP contribution is -2.52. The first-order valence-electron chi connectivity index (χ1n) is 10.2. The average molecular weight is 394 g/mol. The summed E-state index contributed by atoms with van der Waals surface area (Å²) in [5.74, 6) is 0.752. The highest BCUT2D eigenvalue weighted by Crippen LogP contribution is 2.18. The van der Waals surface area contributed by atoms with Gasteiger partial charge in [0.2, 0.25) is 0 Å². The highest BCUT2D eigenvalue weighted by Gasteiger charge is 2.25. The van der Waals surface area contributed by atoms with Crippen LogP contribution in [0.3, 0.4) is 0 Å². The molecule has 28 heavy (non-hydrogen) atoms. The van der Waals surface area contributed by atoms with Gasteiger partial charge in [0.15, 0.2) is 6.23 Å². The lowest BCUT2D eigenvalue weighted by molar-refractivity contribution is -0.0658. The number of nitrogens with one attached hydrogen (secondary N) is 1. The first kappa shape index (κ1) is 22.5. The molecule has 2 rings (SSSR count). The molecule has 1 aliphatic rings. The molecule has 1 aromatic carbocycles. The Morgan fingerprint density at radius 1 is 1.18 bits per heavy atom. The first-order valence-corrected chi connectivity index (χ1v) is 10.2. The van der Waals surface area contributed by atoms with E-state index >= 15 is 0 Å². The predicted molar refractivity (Wildman–Crippen MR) is 111 cm³/mol. The molecule has 0 bridgehead atoms. The summed E-state index contributed by atoms with van der Waals surface area (Å²) in [6, 6.07) is 7.41. The Morgan fingerprint density at radius 3 is 2.68 bits per heavy atom. The van der Waals surface area contributed by atoms with E-state index in [9.17, 15) is 4.79 Å². The second-order valence-corrected chi connectivity index (χ2v) is 7.22. The molecule has 158 valence electrons. The Hall–Kier alpha value is -1.83. The Balaban J connectivity index is 1.82. The van der Waals surface area contributed by atoms with E-state index in [1.807, 2.05) is 24.3 Å². The number of nitrogens with zero attached hydrogens (tertiary/aromatic N) is 2. The predicted octanol–water partition coefficient (Wildman–Crippen LogP) is 3.41. The van der Waals surface area contributed by atoms with Crippen LogP contribution in [-0.2, 0) is 9.47 Å². The lowest BCUT2D eigenvalue weighted by Gasteiger charge is -2.36. The van der Waals surface area contributed by atoms with Crippen LogP contribution in [0.25, 0.3) is 0 Å². The minimum atomic E-state index is -0.485. The van der Waals surface area contributed by atoms with E-state index in [0.717, 1.165) is 38.3 Å². The van der Waals surface area contributed by atoms with Crippen LogP contribution in [0.5, 0.6) is 5.75 Å². The van der Waals surface area contributed by atoms with Crippen LogP contribution in [0.1, 0.15) is 32.6 Å². The molecule has 1 N–H and O–H groups in total. The number of piperazine rings is 1. The van der Waals surface area contributed by atoms with Crippen molar-refractivity contribution in [2.45, 2.75) is 38.8 Å². The van der Waals surface area contributed by atoms with E-state index in [-0.39, 0.29) is 0 Å². The number of carbonyl (C=O) groups is 1. The largest absolute Gasteiger partial charge is 0.494 e. The van der Waals surface area contributed by atoms with Gasteiger partial charge in [0.05, 0.1) is 13.2 Å². The number of hydrogen-bond donors (Lipinski definition) is 1. The third-order valence-electron chi connectivity index (χ3n) is 4.84. The fourth-order valence-corrected chi connectivity index (χ4v) is 3.12. The summed E-state index contributed by atoms with van der Waals surface area (Å²) >= 11 is 0. The topological polar surface area (TPSA) is 63.3 Å². The van der Waals surface area contributed by atoms with Gasteiger partial charge in [-0.3, -0.25) is 10.2 Å². The summed E-state index contributed by atoms with van der Waals surface area (Å²) in [4.78, 5) is 16.8. The number of likely N-dealkylation sites (N-methyl/N-ethyl adjacent to an activating group) is 1. The fraction of sp³-hybridized carbons (Fsp3) is 0.667. The maximum atomic E-state index is 12.4. The van der Waals surface area contributed by atoms with E-state index in [1.165, 1.54) is 19.3 Å². The van der Waals surface area contributed by atoms with E-state index in [4.69, 9.17) is 14.2 Å². The van der Waals surface area contributed by atoms with Gasteiger partial charge in [0, 0.05) is 45.0 Å². The number of anilines is 1. The molecular weight excluding hydrogens is 358 g/mol. The van der Waals surface area contributed by atoms with Gasteiger partial charge in [-0.1, -0.05) is 32.3 Å². The van der Waals surface area contributed by atoms with Crippen molar-refractivity contribution < 1.29 is 19.0 Å². The van der Waals surface area contributed by atoms with Gasteiger partial charge in [-0.25, -0.2) is 4.79 Å². The second-order valence-electron chi connectivity index (χ2n) is 7.22. The molecule has 0 spiro atoms. The minimum absolute atomic E-state index is 0.345. The zero-order valence-corrected chi connectivity index (χ0v) is 17.5. The highest BCUT2D eigenvalue weighted by molar-refractivity contribution is 5.84. The monoisotopic (exact) mass is 393 g/mol. The van der Waals surface area contributed by atoms with Crippen LogP contribution in [-0.4, -0.2) is 75.7 Å². The molecule has 0 aliphatic carbocycles. The van der Waals surface area contributed by atoms with Crippen molar-refractivity contribution in [1.29, 1.82) is 0 Å². The summed E-state index contributed by atoms with van der Waals surface area (Å²) in [5.41, 5.74) is 0.658. The molecule has 0 aromatic heterocycles. The maximum absolute atomic E-state index is 12.4. The van der Waals surface area contributed by atoms with Gasteiger partial charge in [-0.2, -0.15) is 0 Å². The van der Waals surface area contributed by atoms with E-state index in [2.05, 4.69) is 29.1 Å². The Kier molecular flexibility index (Phi) is 10.1. The van der Waals surface area contributed by atoms with Gasteiger partial charge in [0.25, 0.3) is 0 Å². The summed E-state index contributed by atoms with van der Waals surface area (Å²) < 4.78 is 16.6. The summed E-state index contributed by atoms with van der Waals surface area (Å²) in [6.07, 6.45) is 3.77. The van der Waals surface area contributed by atoms with Gasteiger partial charge in [0.1, 0.15) is 5.75 Å². The standard InChI is InChI=1S/C21H35N3O4/c1-4-5-6-7-15-27-19-10-8-9-18(16-19)22-21(25)28-20(17-26-3)24-13-11-23(2)12-14-24/h8-10,16,20H,4-7,11-15,17H2,1-3H3,(H,22,25). The van der Waals surface area contributed by atoms with Gasteiger partial charge in [-0.05, 0) is 25.6 Å². The van der Waals surface area contributed by atoms with Crippen LogP contribution >= 0.6 is 0 Å². The molecule has 1 aliphatic heterocycles. The summed E-state index contributed by atoms with van der Waals surface area (Å²) in [6.45, 7) is 6.81. The number of benzene rings is 1. The molecule has 1 unspecified atom stereocenters. The molecule has 1 aromatic rings. The van der Waals surface area contributed by atoms with Crippen LogP contribution in [0.4, 0.5) is 10.5 Å². The number of unbranched alkanes of at least 4 members (excludes halogenated alkanes) is 3. The fourth-order valence-electron chi connectivity index (χ4n) is 3.12. The van der Waals surface area contributed by atoms with Crippen molar-refractivity contribution in [3.05, 3.63) is 24.3 Å².